The lowest BCUT2D eigenvalue weighted by atomic mass is 10.1. The van der Waals surface area contributed by atoms with Gasteiger partial charge in [0.1, 0.15) is 5.82 Å². The van der Waals surface area contributed by atoms with Crippen LogP contribution in [0.1, 0.15) is 5.56 Å². The number of nitrogen functional groups attached to an aromatic ring is 1. The number of hydrogen-bond acceptors (Lipinski definition) is 2. The van der Waals surface area contributed by atoms with Crippen molar-refractivity contribution in [1.82, 2.24) is 4.98 Å². The predicted octanol–water partition coefficient (Wildman–Crippen LogP) is 3.40. The number of pyridine rings is 1. The van der Waals surface area contributed by atoms with Crippen molar-refractivity contribution < 1.29 is 0 Å². The first kappa shape index (κ1) is 10.2. The molecule has 0 atom stereocenters. The maximum atomic E-state index is 5.66. The molecule has 76 valence electrons. The van der Waals surface area contributed by atoms with Gasteiger partial charge in [0.15, 0.2) is 0 Å². The standard InChI is InChI=1S/C12H11BrN2/c1-8-7-9(13)5-6-10(8)11-3-2-4-12(14)15-11/h2-7H,1H3,(H2,14,15). The van der Waals surface area contributed by atoms with E-state index in [1.807, 2.05) is 24.3 Å². The molecular formula is C12H11BrN2. The number of hydrogen-bond donors (Lipinski definition) is 1. The summed E-state index contributed by atoms with van der Waals surface area (Å²) in [4.78, 5) is 4.30. The van der Waals surface area contributed by atoms with Crippen LogP contribution in [0.4, 0.5) is 5.82 Å². The highest BCUT2D eigenvalue weighted by Crippen LogP contribution is 2.24. The van der Waals surface area contributed by atoms with Gasteiger partial charge in [0.2, 0.25) is 0 Å². The number of benzene rings is 1. The Kier molecular flexibility index (Phi) is 2.73. The molecule has 0 fully saturated rings. The Morgan fingerprint density at radius 3 is 2.67 bits per heavy atom. The number of rotatable bonds is 1. The van der Waals surface area contributed by atoms with Gasteiger partial charge in [-0.25, -0.2) is 4.98 Å². The smallest absolute Gasteiger partial charge is 0.124 e. The Balaban J connectivity index is 2.54. The van der Waals surface area contributed by atoms with Crippen molar-refractivity contribution in [3.8, 4) is 11.3 Å². The highest BCUT2D eigenvalue weighted by molar-refractivity contribution is 9.10. The molecule has 2 nitrogen and oxygen atoms in total. The summed E-state index contributed by atoms with van der Waals surface area (Å²) in [6.45, 7) is 2.06. The molecular weight excluding hydrogens is 252 g/mol. The first-order valence-corrected chi connectivity index (χ1v) is 5.45. The summed E-state index contributed by atoms with van der Waals surface area (Å²) in [5.41, 5.74) is 8.87. The third-order valence-electron chi connectivity index (χ3n) is 2.24. The summed E-state index contributed by atoms with van der Waals surface area (Å²) >= 11 is 3.44. The summed E-state index contributed by atoms with van der Waals surface area (Å²) in [6.07, 6.45) is 0. The van der Waals surface area contributed by atoms with Crippen molar-refractivity contribution in [2.24, 2.45) is 0 Å². The third-order valence-corrected chi connectivity index (χ3v) is 2.73. The molecule has 0 amide bonds. The first-order chi connectivity index (χ1) is 7.16. The van der Waals surface area contributed by atoms with E-state index in [0.29, 0.717) is 5.82 Å². The molecule has 0 aliphatic heterocycles. The van der Waals surface area contributed by atoms with Crippen LogP contribution in [0.2, 0.25) is 0 Å². The van der Waals surface area contributed by atoms with Crippen LogP contribution in [0, 0.1) is 6.92 Å². The molecule has 0 bridgehead atoms. The average Bonchev–Trinajstić information content (AvgIpc) is 2.17. The second kappa shape index (κ2) is 4.03. The summed E-state index contributed by atoms with van der Waals surface area (Å²) in [6, 6.07) is 11.8. The van der Waals surface area contributed by atoms with E-state index in [0.717, 1.165) is 15.7 Å². The number of aryl methyl sites for hydroxylation is 1. The van der Waals surface area contributed by atoms with Crippen LogP contribution < -0.4 is 5.73 Å². The van der Waals surface area contributed by atoms with E-state index in [9.17, 15) is 0 Å². The van der Waals surface area contributed by atoms with Crippen LogP contribution in [0.5, 0.6) is 0 Å². The average molecular weight is 263 g/mol. The molecule has 0 spiro atoms. The molecule has 1 heterocycles. The molecule has 0 aliphatic carbocycles. The molecule has 0 unspecified atom stereocenters. The van der Waals surface area contributed by atoms with E-state index < -0.39 is 0 Å². The number of nitrogens with two attached hydrogens (primary N) is 1. The Labute approximate surface area is 97.3 Å². The minimum absolute atomic E-state index is 0.551. The van der Waals surface area contributed by atoms with Gasteiger partial charge in [0.25, 0.3) is 0 Å². The molecule has 1 aromatic carbocycles. The van der Waals surface area contributed by atoms with Gasteiger partial charge in [0, 0.05) is 10.0 Å². The largest absolute Gasteiger partial charge is 0.384 e. The molecule has 2 aromatic rings. The molecule has 0 saturated heterocycles. The van der Waals surface area contributed by atoms with E-state index >= 15 is 0 Å². The Hall–Kier alpha value is -1.35. The van der Waals surface area contributed by atoms with Crippen LogP contribution in [-0.4, -0.2) is 4.98 Å². The maximum absolute atomic E-state index is 5.66. The second-order valence-corrected chi connectivity index (χ2v) is 4.32. The van der Waals surface area contributed by atoms with Crippen LogP contribution in [0.15, 0.2) is 40.9 Å². The van der Waals surface area contributed by atoms with Gasteiger partial charge in [-0.15, -0.1) is 0 Å². The van der Waals surface area contributed by atoms with Gasteiger partial charge < -0.3 is 5.73 Å². The zero-order valence-corrected chi connectivity index (χ0v) is 9.95. The number of anilines is 1. The zero-order chi connectivity index (χ0) is 10.8. The van der Waals surface area contributed by atoms with Crippen molar-refractivity contribution >= 4 is 21.7 Å². The minimum atomic E-state index is 0.551. The molecule has 15 heavy (non-hydrogen) atoms. The first-order valence-electron chi connectivity index (χ1n) is 4.66. The Morgan fingerprint density at radius 2 is 2.00 bits per heavy atom. The van der Waals surface area contributed by atoms with Gasteiger partial charge in [-0.05, 0) is 36.8 Å². The lowest BCUT2D eigenvalue weighted by molar-refractivity contribution is 1.31. The van der Waals surface area contributed by atoms with E-state index in [2.05, 4.69) is 33.9 Å². The zero-order valence-electron chi connectivity index (χ0n) is 8.37. The lowest BCUT2D eigenvalue weighted by Crippen LogP contribution is -1.92. The Morgan fingerprint density at radius 1 is 1.20 bits per heavy atom. The third kappa shape index (κ3) is 2.18. The SMILES string of the molecule is Cc1cc(Br)ccc1-c1cccc(N)n1. The van der Waals surface area contributed by atoms with Gasteiger partial charge in [-0.2, -0.15) is 0 Å². The molecule has 3 heteroatoms. The normalized spacial score (nSPS) is 10.3. The van der Waals surface area contributed by atoms with Crippen molar-refractivity contribution in [2.45, 2.75) is 6.92 Å². The maximum Gasteiger partial charge on any atom is 0.124 e. The van der Waals surface area contributed by atoms with Crippen molar-refractivity contribution in [3.05, 3.63) is 46.4 Å². The van der Waals surface area contributed by atoms with Crippen LogP contribution in [0.25, 0.3) is 11.3 Å². The highest BCUT2D eigenvalue weighted by Gasteiger charge is 2.03. The minimum Gasteiger partial charge on any atom is -0.384 e. The second-order valence-electron chi connectivity index (χ2n) is 3.41. The van der Waals surface area contributed by atoms with Gasteiger partial charge in [-0.1, -0.05) is 28.1 Å². The van der Waals surface area contributed by atoms with E-state index in [1.54, 1.807) is 6.07 Å². The summed E-state index contributed by atoms with van der Waals surface area (Å²) in [5, 5.41) is 0. The van der Waals surface area contributed by atoms with E-state index in [4.69, 9.17) is 5.73 Å². The fraction of sp³-hybridized carbons (Fsp3) is 0.0833. The molecule has 2 rings (SSSR count). The fourth-order valence-electron chi connectivity index (χ4n) is 1.52. The van der Waals surface area contributed by atoms with Crippen LogP contribution >= 0.6 is 15.9 Å². The van der Waals surface area contributed by atoms with Crippen molar-refractivity contribution in [3.63, 3.8) is 0 Å². The quantitative estimate of drug-likeness (QED) is 0.856. The van der Waals surface area contributed by atoms with E-state index in [-0.39, 0.29) is 0 Å². The molecule has 0 radical (unpaired) electrons. The number of aromatic nitrogens is 1. The van der Waals surface area contributed by atoms with Crippen LogP contribution in [-0.2, 0) is 0 Å². The van der Waals surface area contributed by atoms with Gasteiger partial charge in [-0.3, -0.25) is 0 Å². The summed E-state index contributed by atoms with van der Waals surface area (Å²) < 4.78 is 1.08. The molecule has 0 aliphatic rings. The van der Waals surface area contributed by atoms with Crippen molar-refractivity contribution in [1.29, 1.82) is 0 Å². The van der Waals surface area contributed by atoms with Gasteiger partial charge in [0.05, 0.1) is 5.69 Å². The summed E-state index contributed by atoms with van der Waals surface area (Å²) in [5.74, 6) is 0.551. The molecule has 1 aromatic heterocycles. The molecule has 0 saturated carbocycles. The Bertz CT molecular complexity index is 495. The lowest BCUT2D eigenvalue weighted by Gasteiger charge is -2.06. The monoisotopic (exact) mass is 262 g/mol. The fourth-order valence-corrected chi connectivity index (χ4v) is 1.99. The predicted molar refractivity (Wildman–Crippen MR) is 66.5 cm³/mol. The molecule has 2 N–H and O–H groups in total. The van der Waals surface area contributed by atoms with Crippen LogP contribution in [0.3, 0.4) is 0 Å². The number of halogens is 1. The van der Waals surface area contributed by atoms with Gasteiger partial charge >= 0.3 is 0 Å². The summed E-state index contributed by atoms with van der Waals surface area (Å²) in [7, 11) is 0. The number of nitrogens with zero attached hydrogens (tertiary/aromatic N) is 1. The van der Waals surface area contributed by atoms with Crippen molar-refractivity contribution in [2.75, 3.05) is 5.73 Å². The topological polar surface area (TPSA) is 38.9 Å². The van der Waals surface area contributed by atoms with E-state index in [1.165, 1.54) is 5.56 Å². The highest BCUT2D eigenvalue weighted by atomic mass is 79.9.